The molecule has 0 saturated heterocycles. The minimum absolute atomic E-state index is 0.116. The Morgan fingerprint density at radius 1 is 1.00 bits per heavy atom. The van der Waals surface area contributed by atoms with Crippen LogP contribution in [0, 0.1) is 5.82 Å². The van der Waals surface area contributed by atoms with Gasteiger partial charge >= 0.3 is 0 Å². The molecule has 5 nitrogen and oxygen atoms in total. The fourth-order valence-corrected chi connectivity index (χ4v) is 3.98. The van der Waals surface area contributed by atoms with Crippen molar-refractivity contribution in [1.82, 2.24) is 4.98 Å². The molecule has 0 aliphatic rings. The number of hydrogen-bond acceptors (Lipinski definition) is 5. The van der Waals surface area contributed by atoms with Gasteiger partial charge in [0.15, 0.2) is 5.13 Å². The van der Waals surface area contributed by atoms with Gasteiger partial charge in [-0.2, -0.15) is 0 Å². The number of nitrogens with one attached hydrogen (secondary N) is 2. The van der Waals surface area contributed by atoms with Gasteiger partial charge in [0.05, 0.1) is 11.5 Å². The third-order valence-electron chi connectivity index (χ3n) is 3.69. The Labute approximate surface area is 180 Å². The lowest BCUT2D eigenvalue weighted by Crippen LogP contribution is -2.18. The molecule has 0 radical (unpaired) electrons. The first-order chi connectivity index (χ1) is 14.0. The minimum atomic E-state index is -0.368. The molecular weight excluding hydrogens is 433 g/mol. The Kier molecular flexibility index (Phi) is 7.62. The van der Waals surface area contributed by atoms with Gasteiger partial charge in [0.2, 0.25) is 11.8 Å². The molecule has 2 amide bonds. The normalized spacial score (nSPS) is 10.6. The molecule has 0 saturated carbocycles. The van der Waals surface area contributed by atoms with E-state index in [-0.39, 0.29) is 29.1 Å². The lowest BCUT2D eigenvalue weighted by atomic mass is 10.1. The quantitative estimate of drug-likeness (QED) is 0.516. The van der Waals surface area contributed by atoms with E-state index in [1.54, 1.807) is 6.20 Å². The number of nitrogens with zero attached hydrogens (tertiary/aromatic N) is 1. The number of carbonyl (C=O) groups is 2. The predicted molar refractivity (Wildman–Crippen MR) is 117 cm³/mol. The number of hydrogen-bond donors (Lipinski definition) is 2. The van der Waals surface area contributed by atoms with Gasteiger partial charge in [0.1, 0.15) is 5.82 Å². The highest BCUT2D eigenvalue weighted by atomic mass is 35.5. The van der Waals surface area contributed by atoms with E-state index >= 15 is 0 Å². The molecule has 3 aromatic rings. The fraction of sp³-hybridized carbons (Fsp3) is 0.150. The van der Waals surface area contributed by atoms with Crippen molar-refractivity contribution in [2.75, 3.05) is 22.1 Å². The number of rotatable bonds is 8. The van der Waals surface area contributed by atoms with Crippen LogP contribution in [-0.4, -0.2) is 28.3 Å². The second-order valence-electron chi connectivity index (χ2n) is 6.03. The standard InChI is InChI=1S/C20H17ClFN3O2S2/c21-14-3-1-13(2-4-14)9-17-10-23-20(29-17)25-19(27)12-28-11-18(26)24-16-7-5-15(22)6-8-16/h1-8,10H,9,11-12H2,(H,24,26)(H,23,25,27). The highest BCUT2D eigenvalue weighted by Crippen LogP contribution is 2.22. The van der Waals surface area contributed by atoms with Crippen LogP contribution in [0.4, 0.5) is 15.2 Å². The Bertz CT molecular complexity index is 978. The summed E-state index contributed by atoms with van der Waals surface area (Å²) in [5.74, 6) is -0.605. The zero-order chi connectivity index (χ0) is 20.6. The lowest BCUT2D eigenvalue weighted by Gasteiger charge is -2.05. The molecule has 3 rings (SSSR count). The van der Waals surface area contributed by atoms with Gasteiger partial charge in [-0.25, -0.2) is 9.37 Å². The molecule has 0 aliphatic heterocycles. The predicted octanol–water partition coefficient (Wildman–Crippen LogP) is 4.84. The summed E-state index contributed by atoms with van der Waals surface area (Å²) in [4.78, 5) is 29.1. The highest BCUT2D eigenvalue weighted by molar-refractivity contribution is 8.00. The van der Waals surface area contributed by atoms with Gasteiger partial charge in [-0.3, -0.25) is 9.59 Å². The molecular formula is C20H17ClFN3O2S2. The van der Waals surface area contributed by atoms with E-state index in [1.165, 1.54) is 47.4 Å². The Hall–Kier alpha value is -2.42. The zero-order valence-electron chi connectivity index (χ0n) is 15.2. The smallest absolute Gasteiger partial charge is 0.236 e. The van der Waals surface area contributed by atoms with E-state index < -0.39 is 0 Å². The molecule has 0 bridgehead atoms. The summed E-state index contributed by atoms with van der Waals surface area (Å²) >= 11 is 8.48. The van der Waals surface area contributed by atoms with Gasteiger partial charge in [-0.05, 0) is 42.0 Å². The van der Waals surface area contributed by atoms with E-state index in [4.69, 9.17) is 11.6 Å². The summed E-state index contributed by atoms with van der Waals surface area (Å²) in [6.07, 6.45) is 2.45. The number of thiazole rings is 1. The average molecular weight is 450 g/mol. The molecule has 0 atom stereocenters. The topological polar surface area (TPSA) is 71.1 Å². The first kappa shape index (κ1) is 21.3. The summed E-state index contributed by atoms with van der Waals surface area (Å²) in [6.45, 7) is 0. The molecule has 0 fully saturated rings. The summed E-state index contributed by atoms with van der Waals surface area (Å²) in [5, 5.41) is 6.60. The van der Waals surface area contributed by atoms with Crippen molar-refractivity contribution in [3.05, 3.63) is 76.0 Å². The van der Waals surface area contributed by atoms with Crippen molar-refractivity contribution in [1.29, 1.82) is 0 Å². The van der Waals surface area contributed by atoms with Crippen LogP contribution in [0.1, 0.15) is 10.4 Å². The second kappa shape index (κ2) is 10.4. The molecule has 2 aromatic carbocycles. The van der Waals surface area contributed by atoms with Gasteiger partial charge in [0, 0.05) is 28.2 Å². The van der Waals surface area contributed by atoms with E-state index in [2.05, 4.69) is 15.6 Å². The first-order valence-corrected chi connectivity index (χ1v) is 10.9. The number of carbonyl (C=O) groups excluding carboxylic acids is 2. The first-order valence-electron chi connectivity index (χ1n) is 8.60. The second-order valence-corrected chi connectivity index (χ2v) is 8.57. The maximum atomic E-state index is 12.8. The largest absolute Gasteiger partial charge is 0.325 e. The van der Waals surface area contributed by atoms with E-state index in [9.17, 15) is 14.0 Å². The maximum absolute atomic E-state index is 12.8. The van der Waals surface area contributed by atoms with Crippen LogP contribution in [0.25, 0.3) is 0 Å². The fourth-order valence-electron chi connectivity index (χ4n) is 2.37. The average Bonchev–Trinajstić information content (AvgIpc) is 3.12. The van der Waals surface area contributed by atoms with Crippen LogP contribution >= 0.6 is 34.7 Å². The molecule has 0 aliphatic carbocycles. The number of halogens is 2. The van der Waals surface area contributed by atoms with E-state index in [0.29, 0.717) is 22.3 Å². The Balaban J connectivity index is 1.39. The molecule has 1 aromatic heterocycles. The molecule has 1 heterocycles. The third kappa shape index (κ3) is 7.16. The van der Waals surface area contributed by atoms with Crippen molar-refractivity contribution in [3.63, 3.8) is 0 Å². The Morgan fingerprint density at radius 2 is 1.66 bits per heavy atom. The third-order valence-corrected chi connectivity index (χ3v) is 5.78. The van der Waals surface area contributed by atoms with Crippen molar-refractivity contribution < 1.29 is 14.0 Å². The van der Waals surface area contributed by atoms with Crippen LogP contribution in [-0.2, 0) is 16.0 Å². The number of benzene rings is 2. The van der Waals surface area contributed by atoms with Gasteiger partial charge < -0.3 is 10.6 Å². The Morgan fingerprint density at radius 3 is 2.34 bits per heavy atom. The molecule has 9 heteroatoms. The summed E-state index contributed by atoms with van der Waals surface area (Å²) in [7, 11) is 0. The van der Waals surface area contributed by atoms with Crippen molar-refractivity contribution in [2.45, 2.75) is 6.42 Å². The summed E-state index contributed by atoms with van der Waals surface area (Å²) in [6, 6.07) is 13.1. The summed E-state index contributed by atoms with van der Waals surface area (Å²) in [5.41, 5.74) is 1.62. The van der Waals surface area contributed by atoms with Gasteiger partial charge in [-0.1, -0.05) is 23.7 Å². The zero-order valence-corrected chi connectivity index (χ0v) is 17.5. The number of aromatic nitrogens is 1. The monoisotopic (exact) mass is 449 g/mol. The highest BCUT2D eigenvalue weighted by Gasteiger charge is 2.09. The summed E-state index contributed by atoms with van der Waals surface area (Å²) < 4.78 is 12.8. The number of thioether (sulfide) groups is 1. The maximum Gasteiger partial charge on any atom is 0.236 e. The molecule has 2 N–H and O–H groups in total. The molecule has 0 spiro atoms. The van der Waals surface area contributed by atoms with Gasteiger partial charge in [-0.15, -0.1) is 23.1 Å². The lowest BCUT2D eigenvalue weighted by molar-refractivity contribution is -0.114. The van der Waals surface area contributed by atoms with Crippen LogP contribution in [0.3, 0.4) is 0 Å². The van der Waals surface area contributed by atoms with Crippen molar-refractivity contribution >= 4 is 57.3 Å². The molecule has 29 heavy (non-hydrogen) atoms. The van der Waals surface area contributed by atoms with Crippen molar-refractivity contribution in [2.24, 2.45) is 0 Å². The van der Waals surface area contributed by atoms with Crippen LogP contribution < -0.4 is 10.6 Å². The molecule has 0 unspecified atom stereocenters. The van der Waals surface area contributed by atoms with E-state index in [0.717, 1.165) is 10.4 Å². The molecule has 150 valence electrons. The van der Waals surface area contributed by atoms with Crippen LogP contribution in [0.15, 0.2) is 54.7 Å². The van der Waals surface area contributed by atoms with Crippen LogP contribution in [0.5, 0.6) is 0 Å². The van der Waals surface area contributed by atoms with Crippen molar-refractivity contribution in [3.8, 4) is 0 Å². The number of anilines is 2. The van der Waals surface area contributed by atoms with Crippen LogP contribution in [0.2, 0.25) is 5.02 Å². The van der Waals surface area contributed by atoms with Gasteiger partial charge in [0.25, 0.3) is 0 Å². The number of amides is 2. The SMILES string of the molecule is O=C(CSCC(=O)Nc1ncc(Cc2ccc(Cl)cc2)s1)Nc1ccc(F)cc1. The van der Waals surface area contributed by atoms with E-state index in [1.807, 2.05) is 24.3 Å². The minimum Gasteiger partial charge on any atom is -0.325 e.